The molecule has 3 N–H and O–H groups in total. The van der Waals surface area contributed by atoms with E-state index in [9.17, 15) is 0 Å². The maximum atomic E-state index is 5.95. The van der Waals surface area contributed by atoms with Crippen LogP contribution in [-0.2, 0) is 6.42 Å². The molecular formula is C15H16N4OS. The number of nitrogens with two attached hydrogens (primary N) is 1. The van der Waals surface area contributed by atoms with Crippen molar-refractivity contribution in [2.75, 3.05) is 5.43 Å². The average Bonchev–Trinajstić information content (AvgIpc) is 2.88. The number of hydrogen-bond acceptors (Lipinski definition) is 6. The predicted octanol–water partition coefficient (Wildman–Crippen LogP) is 3.64. The molecule has 3 aromatic rings. The van der Waals surface area contributed by atoms with Gasteiger partial charge in [0.25, 0.3) is 0 Å². The molecule has 0 fully saturated rings. The molecule has 0 aliphatic rings. The second-order valence-electron chi connectivity index (χ2n) is 4.68. The van der Waals surface area contributed by atoms with E-state index in [0.29, 0.717) is 11.8 Å². The van der Waals surface area contributed by atoms with Crippen molar-refractivity contribution < 1.29 is 4.74 Å². The van der Waals surface area contributed by atoms with Crippen molar-refractivity contribution in [2.45, 2.75) is 20.3 Å². The molecule has 2 aromatic heterocycles. The van der Waals surface area contributed by atoms with E-state index in [1.165, 1.54) is 5.56 Å². The number of fused-ring (bicyclic) bond motifs is 1. The van der Waals surface area contributed by atoms with Crippen molar-refractivity contribution in [1.82, 2.24) is 9.97 Å². The third kappa shape index (κ3) is 2.81. The lowest BCUT2D eigenvalue weighted by Crippen LogP contribution is -2.10. The van der Waals surface area contributed by atoms with Gasteiger partial charge in [-0.05, 0) is 37.1 Å². The molecule has 0 unspecified atom stereocenters. The van der Waals surface area contributed by atoms with Gasteiger partial charge in [0.05, 0.1) is 5.39 Å². The molecule has 0 saturated carbocycles. The lowest BCUT2D eigenvalue weighted by molar-refractivity contribution is 0.468. The summed E-state index contributed by atoms with van der Waals surface area (Å²) in [5.74, 6) is 7.07. The van der Waals surface area contributed by atoms with Gasteiger partial charge < -0.3 is 4.74 Å². The minimum absolute atomic E-state index is 0.353. The van der Waals surface area contributed by atoms with Crippen molar-refractivity contribution >= 4 is 27.5 Å². The first-order valence-corrected chi connectivity index (χ1v) is 7.53. The number of aromatic nitrogens is 2. The minimum atomic E-state index is 0.353. The largest absolute Gasteiger partial charge is 0.438 e. The van der Waals surface area contributed by atoms with E-state index in [1.54, 1.807) is 11.3 Å². The van der Waals surface area contributed by atoms with Gasteiger partial charge in [-0.2, -0.15) is 4.98 Å². The minimum Gasteiger partial charge on any atom is -0.438 e. The molecule has 0 aliphatic carbocycles. The quantitative estimate of drug-likeness (QED) is 0.568. The third-order valence-electron chi connectivity index (χ3n) is 3.13. The fourth-order valence-corrected chi connectivity index (χ4v) is 2.97. The normalized spacial score (nSPS) is 10.8. The summed E-state index contributed by atoms with van der Waals surface area (Å²) in [7, 11) is 0. The van der Waals surface area contributed by atoms with Crippen LogP contribution in [0.25, 0.3) is 10.2 Å². The number of thiophene rings is 1. The molecule has 1 aromatic carbocycles. The van der Waals surface area contributed by atoms with E-state index >= 15 is 0 Å². The molecule has 0 bridgehead atoms. The van der Waals surface area contributed by atoms with Gasteiger partial charge in [0.15, 0.2) is 0 Å². The Kier molecular flexibility index (Phi) is 3.72. The fraction of sp³-hybridized carbons (Fsp3) is 0.200. The highest BCUT2D eigenvalue weighted by Crippen LogP contribution is 2.33. The highest BCUT2D eigenvalue weighted by molar-refractivity contribution is 7.18. The summed E-state index contributed by atoms with van der Waals surface area (Å²) in [6.07, 6.45) is 0.962. The Labute approximate surface area is 126 Å². The van der Waals surface area contributed by atoms with Crippen LogP contribution in [0.3, 0.4) is 0 Å². The number of nitrogens with zero attached hydrogens (tertiary/aromatic N) is 2. The number of rotatable bonds is 4. The number of ether oxygens (including phenoxy) is 1. The van der Waals surface area contributed by atoms with E-state index in [-0.39, 0.29) is 0 Å². The Balaban J connectivity index is 2.05. The second-order valence-corrected chi connectivity index (χ2v) is 5.91. The zero-order chi connectivity index (χ0) is 14.8. The first kappa shape index (κ1) is 13.8. The Bertz CT molecular complexity index is 784. The maximum Gasteiger partial charge on any atom is 0.241 e. The number of hydrogen-bond donors (Lipinski definition) is 2. The Morgan fingerprint density at radius 3 is 2.90 bits per heavy atom. The predicted molar refractivity (Wildman–Crippen MR) is 85.9 cm³/mol. The van der Waals surface area contributed by atoms with Crippen LogP contribution in [-0.4, -0.2) is 9.97 Å². The zero-order valence-corrected chi connectivity index (χ0v) is 12.7. The van der Waals surface area contributed by atoms with Crippen LogP contribution < -0.4 is 16.0 Å². The van der Waals surface area contributed by atoms with Crippen molar-refractivity contribution in [2.24, 2.45) is 5.84 Å². The van der Waals surface area contributed by atoms with Crippen molar-refractivity contribution in [3.05, 3.63) is 40.8 Å². The third-order valence-corrected chi connectivity index (χ3v) is 4.08. The van der Waals surface area contributed by atoms with Crippen LogP contribution in [0.4, 0.5) is 5.95 Å². The maximum absolute atomic E-state index is 5.95. The summed E-state index contributed by atoms with van der Waals surface area (Å²) in [5.41, 5.74) is 3.70. The smallest absolute Gasteiger partial charge is 0.241 e. The Morgan fingerprint density at radius 2 is 2.14 bits per heavy atom. The highest BCUT2D eigenvalue weighted by Gasteiger charge is 2.12. The summed E-state index contributed by atoms with van der Waals surface area (Å²) >= 11 is 1.59. The molecule has 0 atom stereocenters. The molecule has 0 aliphatic heterocycles. The van der Waals surface area contributed by atoms with Crippen LogP contribution in [0.1, 0.15) is 17.4 Å². The SMILES string of the molecule is CCc1cccc(Oc2nc(NN)nc3sc(C)cc23)c1. The van der Waals surface area contributed by atoms with Gasteiger partial charge in [-0.1, -0.05) is 19.1 Å². The average molecular weight is 300 g/mol. The fourth-order valence-electron chi connectivity index (χ4n) is 2.10. The van der Waals surface area contributed by atoms with Gasteiger partial charge >= 0.3 is 0 Å². The van der Waals surface area contributed by atoms with E-state index in [4.69, 9.17) is 10.6 Å². The number of benzene rings is 1. The first-order chi connectivity index (χ1) is 10.2. The topological polar surface area (TPSA) is 73.1 Å². The summed E-state index contributed by atoms with van der Waals surface area (Å²) in [6.45, 7) is 4.14. The van der Waals surface area contributed by atoms with Crippen molar-refractivity contribution in [1.29, 1.82) is 0 Å². The number of hydrazine groups is 1. The van der Waals surface area contributed by atoms with E-state index in [1.807, 2.05) is 31.2 Å². The molecule has 5 nitrogen and oxygen atoms in total. The molecule has 108 valence electrons. The lowest BCUT2D eigenvalue weighted by atomic mass is 10.2. The molecule has 0 spiro atoms. The second kappa shape index (κ2) is 5.67. The van der Waals surface area contributed by atoms with E-state index in [0.717, 1.165) is 27.3 Å². The van der Waals surface area contributed by atoms with Gasteiger partial charge in [-0.25, -0.2) is 10.8 Å². The van der Waals surface area contributed by atoms with E-state index in [2.05, 4.69) is 28.4 Å². The summed E-state index contributed by atoms with van der Waals surface area (Å²) in [6, 6.07) is 10.0. The van der Waals surface area contributed by atoms with Gasteiger partial charge in [0, 0.05) is 4.88 Å². The Hall–Kier alpha value is -2.18. The van der Waals surface area contributed by atoms with Crippen LogP contribution in [0.2, 0.25) is 0 Å². The molecule has 0 radical (unpaired) electrons. The molecule has 21 heavy (non-hydrogen) atoms. The summed E-state index contributed by atoms with van der Waals surface area (Å²) < 4.78 is 5.95. The number of anilines is 1. The molecule has 0 amide bonds. The van der Waals surface area contributed by atoms with E-state index < -0.39 is 0 Å². The van der Waals surface area contributed by atoms with Crippen LogP contribution >= 0.6 is 11.3 Å². The van der Waals surface area contributed by atoms with Crippen LogP contribution in [0.15, 0.2) is 30.3 Å². The summed E-state index contributed by atoms with van der Waals surface area (Å²) in [4.78, 5) is 10.7. The van der Waals surface area contributed by atoms with Gasteiger partial charge in [-0.15, -0.1) is 11.3 Å². The molecule has 6 heteroatoms. The van der Waals surface area contributed by atoms with Crippen molar-refractivity contribution in [3.8, 4) is 11.6 Å². The zero-order valence-electron chi connectivity index (χ0n) is 11.9. The van der Waals surface area contributed by atoms with Crippen LogP contribution in [0.5, 0.6) is 11.6 Å². The standard InChI is InChI=1S/C15H16N4OS/c1-3-10-5-4-6-11(8-10)20-13-12-7-9(2)21-14(12)18-15(17-13)19-16/h4-8H,3,16H2,1-2H3,(H,17,18,19). The number of aryl methyl sites for hydroxylation is 2. The van der Waals surface area contributed by atoms with Gasteiger partial charge in [0.2, 0.25) is 11.8 Å². The van der Waals surface area contributed by atoms with Crippen molar-refractivity contribution in [3.63, 3.8) is 0 Å². The molecule has 3 rings (SSSR count). The molecule has 0 saturated heterocycles. The van der Waals surface area contributed by atoms with Crippen LogP contribution in [0, 0.1) is 6.92 Å². The monoisotopic (exact) mass is 300 g/mol. The Morgan fingerprint density at radius 1 is 1.29 bits per heavy atom. The van der Waals surface area contributed by atoms with Gasteiger partial charge in [-0.3, -0.25) is 5.43 Å². The number of nitrogen functional groups attached to an aromatic ring is 1. The highest BCUT2D eigenvalue weighted by atomic mass is 32.1. The molecule has 2 heterocycles. The molecular weight excluding hydrogens is 284 g/mol. The summed E-state index contributed by atoms with van der Waals surface area (Å²) in [5, 5.41) is 0.901. The van der Waals surface area contributed by atoms with Gasteiger partial charge in [0.1, 0.15) is 10.6 Å². The lowest BCUT2D eigenvalue weighted by Gasteiger charge is -2.08. The number of nitrogens with one attached hydrogen (secondary N) is 1. The first-order valence-electron chi connectivity index (χ1n) is 6.71.